The molecule has 0 saturated carbocycles. The predicted octanol–water partition coefficient (Wildman–Crippen LogP) is 5.09. The van der Waals surface area contributed by atoms with Crippen molar-refractivity contribution in [2.75, 3.05) is 13.2 Å². The fourth-order valence-corrected chi connectivity index (χ4v) is 4.70. The Labute approximate surface area is 207 Å². The lowest BCUT2D eigenvalue weighted by atomic mass is 9.92. The van der Waals surface area contributed by atoms with Gasteiger partial charge in [0.2, 0.25) is 5.91 Å². The summed E-state index contributed by atoms with van der Waals surface area (Å²) in [6, 6.07) is 16.4. The maximum atomic E-state index is 12.3. The fourth-order valence-electron chi connectivity index (χ4n) is 4.70. The van der Waals surface area contributed by atoms with E-state index in [1.54, 1.807) is 13.8 Å². The van der Waals surface area contributed by atoms with Crippen LogP contribution in [-0.4, -0.2) is 41.8 Å². The Bertz CT molecular complexity index is 1000. The van der Waals surface area contributed by atoms with Crippen LogP contribution < -0.4 is 10.6 Å². The van der Waals surface area contributed by atoms with E-state index in [1.807, 2.05) is 31.2 Å². The van der Waals surface area contributed by atoms with Crippen molar-refractivity contribution < 1.29 is 24.2 Å². The molecule has 7 nitrogen and oxygen atoms in total. The minimum absolute atomic E-state index is 0.0229. The van der Waals surface area contributed by atoms with Crippen LogP contribution in [0, 0.1) is 5.92 Å². The molecule has 0 radical (unpaired) electrons. The number of carbonyl (C=O) groups excluding carboxylic acids is 2. The van der Waals surface area contributed by atoms with Crippen molar-refractivity contribution in [3.8, 4) is 11.1 Å². The Balaban J connectivity index is 1.40. The van der Waals surface area contributed by atoms with Crippen LogP contribution in [0.3, 0.4) is 0 Å². The first-order valence-electron chi connectivity index (χ1n) is 12.4. The van der Waals surface area contributed by atoms with Crippen LogP contribution >= 0.6 is 0 Å². The highest BCUT2D eigenvalue weighted by molar-refractivity contribution is 5.87. The van der Waals surface area contributed by atoms with Gasteiger partial charge in [-0.2, -0.15) is 0 Å². The Morgan fingerprint density at radius 2 is 1.54 bits per heavy atom. The number of carboxylic acid groups (broad SMARTS) is 1. The number of hydrogen-bond acceptors (Lipinski definition) is 4. The summed E-state index contributed by atoms with van der Waals surface area (Å²) in [4.78, 5) is 36.1. The molecule has 3 rings (SSSR count). The Morgan fingerprint density at radius 3 is 2.09 bits per heavy atom. The SMILES string of the molecule is CCC(CC)(NC(=O)CCC(C)CCNC(=O)OCC1c2ccccc2-c2ccccc21)C(=O)O. The number of rotatable bonds is 12. The lowest BCUT2D eigenvalue weighted by molar-refractivity contribution is -0.148. The summed E-state index contributed by atoms with van der Waals surface area (Å²) < 4.78 is 5.55. The van der Waals surface area contributed by atoms with Crippen molar-refractivity contribution in [2.45, 2.75) is 64.3 Å². The van der Waals surface area contributed by atoms with Gasteiger partial charge in [0, 0.05) is 18.9 Å². The topological polar surface area (TPSA) is 105 Å². The van der Waals surface area contributed by atoms with E-state index in [2.05, 4.69) is 34.9 Å². The van der Waals surface area contributed by atoms with E-state index in [0.717, 1.165) is 0 Å². The molecule has 1 unspecified atom stereocenters. The summed E-state index contributed by atoms with van der Waals surface area (Å²) in [6.07, 6.45) is 1.79. The normalized spacial score (nSPS) is 13.5. The first-order chi connectivity index (χ1) is 16.8. The van der Waals surface area contributed by atoms with Gasteiger partial charge in [0.15, 0.2) is 0 Å². The molecule has 1 aliphatic rings. The maximum Gasteiger partial charge on any atom is 0.407 e. The van der Waals surface area contributed by atoms with Crippen LogP contribution in [0.1, 0.15) is 69.9 Å². The number of benzene rings is 2. The third kappa shape index (κ3) is 6.21. The zero-order valence-corrected chi connectivity index (χ0v) is 20.8. The van der Waals surface area contributed by atoms with Gasteiger partial charge in [-0.05, 0) is 53.9 Å². The minimum Gasteiger partial charge on any atom is -0.480 e. The fraction of sp³-hybridized carbons (Fsp3) is 0.464. The Kier molecular flexibility index (Phi) is 8.90. The van der Waals surface area contributed by atoms with Gasteiger partial charge in [0.25, 0.3) is 0 Å². The van der Waals surface area contributed by atoms with Gasteiger partial charge in [-0.15, -0.1) is 0 Å². The first kappa shape index (κ1) is 26.3. The summed E-state index contributed by atoms with van der Waals surface area (Å²) in [7, 11) is 0. The van der Waals surface area contributed by atoms with Crippen molar-refractivity contribution in [1.82, 2.24) is 10.6 Å². The van der Waals surface area contributed by atoms with Gasteiger partial charge >= 0.3 is 12.1 Å². The molecule has 188 valence electrons. The average molecular weight is 481 g/mol. The number of alkyl carbamates (subject to hydrolysis) is 1. The molecule has 2 aromatic rings. The molecule has 1 aliphatic carbocycles. The summed E-state index contributed by atoms with van der Waals surface area (Å²) >= 11 is 0. The molecule has 0 aromatic heterocycles. The molecule has 2 aromatic carbocycles. The van der Waals surface area contributed by atoms with Crippen LogP contribution in [0.4, 0.5) is 4.79 Å². The van der Waals surface area contributed by atoms with Crippen molar-refractivity contribution in [1.29, 1.82) is 0 Å². The number of ether oxygens (including phenoxy) is 1. The number of aliphatic carboxylic acids is 1. The first-order valence-corrected chi connectivity index (χ1v) is 12.4. The second-order valence-corrected chi connectivity index (χ2v) is 9.33. The second kappa shape index (κ2) is 11.9. The van der Waals surface area contributed by atoms with Crippen molar-refractivity contribution in [3.63, 3.8) is 0 Å². The summed E-state index contributed by atoms with van der Waals surface area (Å²) in [5, 5.41) is 15.0. The summed E-state index contributed by atoms with van der Waals surface area (Å²) in [5.41, 5.74) is 3.52. The highest BCUT2D eigenvalue weighted by Crippen LogP contribution is 2.44. The lowest BCUT2D eigenvalue weighted by Gasteiger charge is -2.28. The molecule has 0 aliphatic heterocycles. The monoisotopic (exact) mass is 480 g/mol. The van der Waals surface area contributed by atoms with Gasteiger partial charge in [-0.25, -0.2) is 9.59 Å². The summed E-state index contributed by atoms with van der Waals surface area (Å²) in [6.45, 7) is 6.25. The molecule has 2 amide bonds. The number of hydrogen-bond donors (Lipinski definition) is 3. The molecular weight excluding hydrogens is 444 g/mol. The molecule has 35 heavy (non-hydrogen) atoms. The number of carbonyl (C=O) groups is 3. The van der Waals surface area contributed by atoms with Crippen molar-refractivity contribution in [2.24, 2.45) is 5.92 Å². The second-order valence-electron chi connectivity index (χ2n) is 9.33. The highest BCUT2D eigenvalue weighted by atomic mass is 16.5. The average Bonchev–Trinajstić information content (AvgIpc) is 3.18. The quantitative estimate of drug-likeness (QED) is 0.392. The molecule has 7 heteroatoms. The molecule has 0 fully saturated rings. The number of fused-ring (bicyclic) bond motifs is 3. The largest absolute Gasteiger partial charge is 0.480 e. The van der Waals surface area contributed by atoms with Crippen molar-refractivity contribution >= 4 is 18.0 Å². The van der Waals surface area contributed by atoms with E-state index in [4.69, 9.17) is 4.74 Å². The van der Waals surface area contributed by atoms with Gasteiger partial charge in [0.1, 0.15) is 12.1 Å². The molecule has 0 spiro atoms. The number of amides is 2. The van der Waals surface area contributed by atoms with Gasteiger partial charge in [-0.1, -0.05) is 69.3 Å². The number of carboxylic acids is 1. The van der Waals surface area contributed by atoms with Gasteiger partial charge in [0.05, 0.1) is 0 Å². The van der Waals surface area contributed by atoms with Gasteiger partial charge < -0.3 is 20.5 Å². The maximum absolute atomic E-state index is 12.3. The zero-order valence-electron chi connectivity index (χ0n) is 20.8. The molecular formula is C28H36N2O5. The van der Waals surface area contributed by atoms with E-state index in [0.29, 0.717) is 32.2 Å². The van der Waals surface area contributed by atoms with E-state index in [9.17, 15) is 19.5 Å². The standard InChI is InChI=1S/C28H36N2O5/c1-4-28(5-2,26(32)33)30-25(31)15-14-19(3)16-17-29-27(34)35-18-24-22-12-8-6-10-20(22)21-11-7-9-13-23(21)24/h6-13,19,24H,4-5,14-18H2,1-3H3,(H,29,34)(H,30,31)(H,32,33). The van der Waals surface area contributed by atoms with Crippen LogP contribution in [0.5, 0.6) is 0 Å². The van der Waals surface area contributed by atoms with Crippen LogP contribution in [-0.2, 0) is 14.3 Å². The minimum atomic E-state index is -1.20. The Morgan fingerprint density at radius 1 is 0.971 bits per heavy atom. The molecule has 0 bridgehead atoms. The van der Waals surface area contributed by atoms with Crippen LogP contribution in [0.15, 0.2) is 48.5 Å². The van der Waals surface area contributed by atoms with Crippen LogP contribution in [0.25, 0.3) is 11.1 Å². The zero-order chi connectivity index (χ0) is 25.4. The predicted molar refractivity (Wildman–Crippen MR) is 135 cm³/mol. The third-order valence-electron chi connectivity index (χ3n) is 7.11. The smallest absolute Gasteiger partial charge is 0.407 e. The third-order valence-corrected chi connectivity index (χ3v) is 7.11. The van der Waals surface area contributed by atoms with E-state index < -0.39 is 17.6 Å². The summed E-state index contributed by atoms with van der Waals surface area (Å²) in [5.74, 6) is -1.05. The van der Waals surface area contributed by atoms with Gasteiger partial charge in [-0.3, -0.25) is 4.79 Å². The molecule has 0 heterocycles. The highest BCUT2D eigenvalue weighted by Gasteiger charge is 2.36. The number of nitrogens with one attached hydrogen (secondary N) is 2. The van der Waals surface area contributed by atoms with E-state index in [-0.39, 0.29) is 30.8 Å². The molecule has 0 saturated heterocycles. The van der Waals surface area contributed by atoms with E-state index in [1.165, 1.54) is 22.3 Å². The molecule has 1 atom stereocenters. The van der Waals surface area contributed by atoms with Crippen LogP contribution in [0.2, 0.25) is 0 Å². The lowest BCUT2D eigenvalue weighted by Crippen LogP contribution is -2.53. The van der Waals surface area contributed by atoms with Crippen molar-refractivity contribution in [3.05, 3.63) is 59.7 Å². The molecule has 3 N–H and O–H groups in total. The van der Waals surface area contributed by atoms with E-state index >= 15 is 0 Å². The Hall–Kier alpha value is -3.35.